The Labute approximate surface area is 242 Å². The summed E-state index contributed by atoms with van der Waals surface area (Å²) in [5.41, 5.74) is 0.747. The van der Waals surface area contributed by atoms with Crippen LogP contribution in [-0.2, 0) is 14.4 Å². The summed E-state index contributed by atoms with van der Waals surface area (Å²) in [6, 6.07) is 11.2. The third kappa shape index (κ3) is 7.94. The molecule has 1 aliphatic rings. The van der Waals surface area contributed by atoms with Gasteiger partial charge in [0.05, 0.1) is 18.6 Å². The molecule has 12 heteroatoms. The van der Waals surface area contributed by atoms with Crippen LogP contribution in [0.5, 0.6) is 17.2 Å². The summed E-state index contributed by atoms with van der Waals surface area (Å²) in [5, 5.41) is 29.6. The van der Waals surface area contributed by atoms with E-state index in [9.17, 15) is 24.6 Å². The van der Waals surface area contributed by atoms with E-state index in [1.807, 2.05) is 0 Å². The van der Waals surface area contributed by atoms with Crippen LogP contribution in [0.3, 0.4) is 0 Å². The summed E-state index contributed by atoms with van der Waals surface area (Å²) >= 11 is 1.08. The molecule has 0 unspecified atom stereocenters. The van der Waals surface area contributed by atoms with E-state index in [2.05, 4.69) is 15.8 Å². The zero-order valence-corrected chi connectivity index (χ0v) is 23.8. The van der Waals surface area contributed by atoms with Crippen molar-refractivity contribution in [3.05, 3.63) is 59.9 Å². The SMILES string of the molecule is COc1ccc(N(C(=O)CSCC(=O)Nc2cc(C)on2)[C@@H](C(=O)NC2CCCCC2)c2ccc(O)c(O)c2)cc1. The van der Waals surface area contributed by atoms with Crippen molar-refractivity contribution in [3.8, 4) is 17.2 Å². The fourth-order valence-corrected chi connectivity index (χ4v) is 5.41. The van der Waals surface area contributed by atoms with Crippen LogP contribution in [0, 0.1) is 6.92 Å². The topological polar surface area (TPSA) is 154 Å². The van der Waals surface area contributed by atoms with Gasteiger partial charge in [0, 0.05) is 17.8 Å². The normalized spacial score (nSPS) is 14.2. The number of nitrogens with one attached hydrogen (secondary N) is 2. The molecular formula is C29H34N4O7S. The van der Waals surface area contributed by atoms with Crippen molar-refractivity contribution in [1.82, 2.24) is 10.5 Å². The lowest BCUT2D eigenvalue weighted by Crippen LogP contribution is -2.48. The number of benzene rings is 2. The Morgan fingerprint density at radius 2 is 1.78 bits per heavy atom. The zero-order chi connectivity index (χ0) is 29.4. The maximum atomic E-state index is 13.9. The number of amides is 3. The summed E-state index contributed by atoms with van der Waals surface area (Å²) in [5.74, 6) is -0.691. The molecule has 1 atom stereocenters. The smallest absolute Gasteiger partial charge is 0.248 e. The third-order valence-corrected chi connectivity index (χ3v) is 7.66. The molecule has 1 heterocycles. The minimum absolute atomic E-state index is 0.0319. The van der Waals surface area contributed by atoms with Gasteiger partial charge in [0.15, 0.2) is 17.3 Å². The second kappa shape index (κ2) is 13.9. The van der Waals surface area contributed by atoms with Crippen molar-refractivity contribution in [1.29, 1.82) is 0 Å². The molecule has 4 rings (SSSR count). The Balaban J connectivity index is 1.61. The fraction of sp³-hybridized carbons (Fsp3) is 0.379. The van der Waals surface area contributed by atoms with Crippen molar-refractivity contribution in [3.63, 3.8) is 0 Å². The first kappa shape index (κ1) is 29.8. The monoisotopic (exact) mass is 582 g/mol. The highest BCUT2D eigenvalue weighted by Crippen LogP contribution is 2.35. The maximum Gasteiger partial charge on any atom is 0.248 e. The number of aryl methyl sites for hydroxylation is 1. The number of aromatic nitrogens is 1. The summed E-state index contributed by atoms with van der Waals surface area (Å²) in [7, 11) is 1.53. The number of aromatic hydroxyl groups is 2. The van der Waals surface area contributed by atoms with Gasteiger partial charge in [0.2, 0.25) is 17.7 Å². The van der Waals surface area contributed by atoms with Gasteiger partial charge in [0.1, 0.15) is 17.6 Å². The fourth-order valence-electron chi connectivity index (χ4n) is 4.74. The summed E-state index contributed by atoms with van der Waals surface area (Å²) in [6.45, 7) is 1.71. The van der Waals surface area contributed by atoms with E-state index in [0.29, 0.717) is 22.8 Å². The Morgan fingerprint density at radius 1 is 1.05 bits per heavy atom. The molecule has 1 aliphatic carbocycles. The average molecular weight is 583 g/mol. The number of phenolic OH excluding ortho intramolecular Hbond substituents is 2. The average Bonchev–Trinajstić information content (AvgIpc) is 3.37. The van der Waals surface area contributed by atoms with E-state index in [1.54, 1.807) is 37.3 Å². The number of methoxy groups -OCH3 is 1. The number of anilines is 2. The number of phenols is 2. The molecule has 0 saturated heterocycles. The highest BCUT2D eigenvalue weighted by atomic mass is 32.2. The van der Waals surface area contributed by atoms with Gasteiger partial charge in [-0.3, -0.25) is 19.3 Å². The number of nitrogens with zero attached hydrogens (tertiary/aromatic N) is 2. The molecule has 0 radical (unpaired) electrons. The van der Waals surface area contributed by atoms with Crippen molar-refractivity contribution in [2.24, 2.45) is 0 Å². The third-order valence-electron chi connectivity index (χ3n) is 6.75. The molecule has 1 aromatic heterocycles. The number of carbonyl (C=O) groups is 3. The van der Waals surface area contributed by atoms with Crippen LogP contribution in [0.15, 0.2) is 53.1 Å². The molecule has 1 saturated carbocycles. The Kier molecular flexibility index (Phi) is 10.1. The first-order chi connectivity index (χ1) is 19.7. The largest absolute Gasteiger partial charge is 0.504 e. The van der Waals surface area contributed by atoms with Gasteiger partial charge in [-0.2, -0.15) is 0 Å². The van der Waals surface area contributed by atoms with E-state index in [1.165, 1.54) is 30.2 Å². The molecule has 2 aromatic carbocycles. The highest BCUT2D eigenvalue weighted by molar-refractivity contribution is 8.00. The molecule has 3 aromatic rings. The van der Waals surface area contributed by atoms with Crippen LogP contribution < -0.4 is 20.3 Å². The van der Waals surface area contributed by atoms with Gasteiger partial charge in [-0.15, -0.1) is 11.8 Å². The van der Waals surface area contributed by atoms with Crippen LogP contribution >= 0.6 is 11.8 Å². The Bertz CT molecular complexity index is 1360. The molecule has 0 bridgehead atoms. The first-order valence-electron chi connectivity index (χ1n) is 13.3. The lowest BCUT2D eigenvalue weighted by atomic mass is 9.94. The first-order valence-corrected chi connectivity index (χ1v) is 14.5. The van der Waals surface area contributed by atoms with E-state index in [-0.39, 0.29) is 35.0 Å². The lowest BCUT2D eigenvalue weighted by molar-refractivity contribution is -0.126. The lowest BCUT2D eigenvalue weighted by Gasteiger charge is -2.33. The second-order valence-corrected chi connectivity index (χ2v) is 10.8. The molecule has 218 valence electrons. The van der Waals surface area contributed by atoms with Crippen LogP contribution in [-0.4, -0.2) is 57.7 Å². The van der Waals surface area contributed by atoms with Crippen LogP contribution in [0.25, 0.3) is 0 Å². The Morgan fingerprint density at radius 3 is 2.41 bits per heavy atom. The van der Waals surface area contributed by atoms with Crippen LogP contribution in [0.1, 0.15) is 49.5 Å². The molecule has 41 heavy (non-hydrogen) atoms. The predicted molar refractivity (Wildman–Crippen MR) is 155 cm³/mol. The highest BCUT2D eigenvalue weighted by Gasteiger charge is 2.34. The minimum Gasteiger partial charge on any atom is -0.504 e. The molecule has 3 amide bonds. The second-order valence-electron chi connectivity index (χ2n) is 9.82. The van der Waals surface area contributed by atoms with Crippen molar-refractivity contribution in [2.75, 3.05) is 28.8 Å². The predicted octanol–water partition coefficient (Wildman–Crippen LogP) is 4.30. The van der Waals surface area contributed by atoms with E-state index in [4.69, 9.17) is 9.26 Å². The minimum atomic E-state index is -1.16. The standard InChI is InChI=1S/C29H34N4O7S/c1-18-14-25(32-40-18)31-26(36)16-41-17-27(37)33(21-9-11-22(39-2)12-10-21)28(19-8-13-23(34)24(35)15-19)29(38)30-20-6-4-3-5-7-20/h8-15,20,28,34-35H,3-7,16-17H2,1-2H3,(H,30,38)(H,31,32,36)/t28-/m1/s1. The number of ether oxygens (including phenoxy) is 1. The Hall–Kier alpha value is -4.19. The van der Waals surface area contributed by atoms with Gasteiger partial charge in [0.25, 0.3) is 0 Å². The number of hydrogen-bond donors (Lipinski definition) is 4. The number of hydrogen-bond acceptors (Lipinski definition) is 9. The van der Waals surface area contributed by atoms with Crippen molar-refractivity contribution in [2.45, 2.75) is 51.1 Å². The molecule has 1 fully saturated rings. The summed E-state index contributed by atoms with van der Waals surface area (Å²) in [6.07, 6.45) is 4.80. The van der Waals surface area contributed by atoms with Gasteiger partial charge in [-0.1, -0.05) is 30.5 Å². The number of thioether (sulfide) groups is 1. The summed E-state index contributed by atoms with van der Waals surface area (Å²) < 4.78 is 10.2. The summed E-state index contributed by atoms with van der Waals surface area (Å²) in [4.78, 5) is 41.5. The maximum absolute atomic E-state index is 13.9. The zero-order valence-electron chi connectivity index (χ0n) is 23.0. The van der Waals surface area contributed by atoms with E-state index < -0.39 is 23.6 Å². The van der Waals surface area contributed by atoms with Gasteiger partial charge in [-0.25, -0.2) is 0 Å². The van der Waals surface area contributed by atoms with Crippen molar-refractivity contribution < 1.29 is 33.9 Å². The van der Waals surface area contributed by atoms with Crippen LogP contribution in [0.4, 0.5) is 11.5 Å². The van der Waals surface area contributed by atoms with Gasteiger partial charge in [-0.05, 0) is 61.7 Å². The quantitative estimate of drug-likeness (QED) is 0.242. The molecule has 4 N–H and O–H groups in total. The number of carbonyl (C=O) groups excluding carboxylic acids is 3. The number of rotatable bonds is 11. The van der Waals surface area contributed by atoms with Crippen molar-refractivity contribution >= 4 is 41.0 Å². The van der Waals surface area contributed by atoms with Gasteiger partial charge >= 0.3 is 0 Å². The molecular weight excluding hydrogens is 548 g/mol. The molecule has 11 nitrogen and oxygen atoms in total. The van der Waals surface area contributed by atoms with E-state index in [0.717, 1.165) is 43.9 Å². The molecule has 0 spiro atoms. The van der Waals surface area contributed by atoms with Crippen LogP contribution in [0.2, 0.25) is 0 Å². The van der Waals surface area contributed by atoms with Gasteiger partial charge < -0.3 is 30.1 Å². The molecule has 0 aliphatic heterocycles. The van der Waals surface area contributed by atoms with E-state index >= 15 is 0 Å².